The van der Waals surface area contributed by atoms with E-state index >= 15 is 0 Å². The van der Waals surface area contributed by atoms with E-state index in [-0.39, 0.29) is 11.7 Å². The standard InChI is InChI=1S/C12H17BrN2O2S/c1-3-15(4-2)12(16)8-18(17)11-7-9(13)5-6-10(11)14/h5-7H,3-4,8,14H2,1-2H3. The van der Waals surface area contributed by atoms with Crippen molar-refractivity contribution < 1.29 is 9.00 Å². The van der Waals surface area contributed by atoms with Crippen LogP contribution in [0.2, 0.25) is 0 Å². The van der Waals surface area contributed by atoms with Gasteiger partial charge in [0.05, 0.1) is 15.7 Å². The van der Waals surface area contributed by atoms with Crippen LogP contribution in [-0.2, 0) is 15.6 Å². The van der Waals surface area contributed by atoms with Crippen LogP contribution in [0.4, 0.5) is 5.69 Å². The maximum Gasteiger partial charge on any atom is 0.235 e. The van der Waals surface area contributed by atoms with E-state index < -0.39 is 10.8 Å². The van der Waals surface area contributed by atoms with Gasteiger partial charge in [0, 0.05) is 23.2 Å². The Bertz CT molecular complexity index is 461. The van der Waals surface area contributed by atoms with Gasteiger partial charge in [-0.1, -0.05) is 15.9 Å². The van der Waals surface area contributed by atoms with Crippen molar-refractivity contribution in [2.45, 2.75) is 18.7 Å². The van der Waals surface area contributed by atoms with Gasteiger partial charge in [0.15, 0.2) is 0 Å². The number of nitrogens with two attached hydrogens (primary N) is 1. The molecular weight excluding hydrogens is 316 g/mol. The van der Waals surface area contributed by atoms with Crippen LogP contribution in [0.1, 0.15) is 13.8 Å². The molecule has 0 saturated heterocycles. The molecule has 0 aliphatic rings. The first-order valence-electron chi connectivity index (χ1n) is 5.70. The molecule has 1 aromatic carbocycles. The summed E-state index contributed by atoms with van der Waals surface area (Å²) in [6, 6.07) is 5.16. The summed E-state index contributed by atoms with van der Waals surface area (Å²) < 4.78 is 12.9. The number of halogens is 1. The summed E-state index contributed by atoms with van der Waals surface area (Å²) in [5, 5.41) is 0. The maximum absolute atomic E-state index is 12.1. The van der Waals surface area contributed by atoms with Gasteiger partial charge in [-0.3, -0.25) is 9.00 Å². The predicted molar refractivity (Wildman–Crippen MR) is 77.8 cm³/mol. The lowest BCUT2D eigenvalue weighted by Gasteiger charge is -2.18. The highest BCUT2D eigenvalue weighted by molar-refractivity contribution is 9.10. The van der Waals surface area contributed by atoms with E-state index in [0.29, 0.717) is 23.7 Å². The topological polar surface area (TPSA) is 63.4 Å². The largest absolute Gasteiger partial charge is 0.398 e. The van der Waals surface area contributed by atoms with Crippen molar-refractivity contribution in [1.29, 1.82) is 0 Å². The number of carbonyl (C=O) groups is 1. The first-order chi connectivity index (χ1) is 8.49. The van der Waals surface area contributed by atoms with Crippen LogP contribution in [0.25, 0.3) is 0 Å². The Hall–Kier alpha value is -0.880. The van der Waals surface area contributed by atoms with E-state index in [1.54, 1.807) is 23.1 Å². The van der Waals surface area contributed by atoms with Gasteiger partial charge >= 0.3 is 0 Å². The lowest BCUT2D eigenvalue weighted by atomic mass is 10.3. The second kappa shape index (κ2) is 6.89. The summed E-state index contributed by atoms with van der Waals surface area (Å²) in [6.07, 6.45) is 0. The van der Waals surface area contributed by atoms with Crippen LogP contribution in [0.5, 0.6) is 0 Å². The van der Waals surface area contributed by atoms with E-state index in [9.17, 15) is 9.00 Å². The van der Waals surface area contributed by atoms with Gasteiger partial charge in [0.25, 0.3) is 0 Å². The highest BCUT2D eigenvalue weighted by Gasteiger charge is 2.16. The van der Waals surface area contributed by atoms with E-state index in [1.165, 1.54) is 0 Å². The molecule has 0 radical (unpaired) electrons. The van der Waals surface area contributed by atoms with Gasteiger partial charge in [-0.15, -0.1) is 0 Å². The zero-order valence-corrected chi connectivity index (χ0v) is 12.9. The fourth-order valence-electron chi connectivity index (χ4n) is 1.56. The average Bonchev–Trinajstić information content (AvgIpc) is 2.33. The third-order valence-corrected chi connectivity index (χ3v) is 4.44. The smallest absolute Gasteiger partial charge is 0.235 e. The second-order valence-electron chi connectivity index (χ2n) is 3.74. The molecule has 0 heterocycles. The van der Waals surface area contributed by atoms with Crippen molar-refractivity contribution in [3.8, 4) is 0 Å². The quantitative estimate of drug-likeness (QED) is 0.839. The monoisotopic (exact) mass is 332 g/mol. The maximum atomic E-state index is 12.1. The molecule has 1 rings (SSSR count). The number of rotatable bonds is 5. The zero-order valence-electron chi connectivity index (χ0n) is 10.5. The van der Waals surface area contributed by atoms with Crippen LogP contribution >= 0.6 is 15.9 Å². The number of amides is 1. The molecular formula is C12H17BrN2O2S. The summed E-state index contributed by atoms with van der Waals surface area (Å²) in [5.41, 5.74) is 6.22. The van der Waals surface area contributed by atoms with Crippen LogP contribution in [0, 0.1) is 0 Å². The predicted octanol–water partition coefficient (Wildman–Crippen LogP) is 2.01. The minimum absolute atomic E-state index is 0.0255. The molecule has 0 aliphatic heterocycles. The van der Waals surface area contributed by atoms with Gasteiger partial charge in [-0.05, 0) is 32.0 Å². The first-order valence-corrected chi connectivity index (χ1v) is 7.82. The third-order valence-electron chi connectivity index (χ3n) is 2.59. The molecule has 0 spiro atoms. The summed E-state index contributed by atoms with van der Waals surface area (Å²) in [4.78, 5) is 14.0. The minimum Gasteiger partial charge on any atom is -0.398 e. The Labute approximate surface area is 118 Å². The molecule has 100 valence electrons. The Balaban J connectivity index is 2.82. The highest BCUT2D eigenvalue weighted by atomic mass is 79.9. The van der Waals surface area contributed by atoms with E-state index in [2.05, 4.69) is 15.9 Å². The number of carbonyl (C=O) groups excluding carboxylic acids is 1. The third kappa shape index (κ3) is 3.81. The highest BCUT2D eigenvalue weighted by Crippen LogP contribution is 2.22. The molecule has 0 fully saturated rings. The molecule has 4 nitrogen and oxygen atoms in total. The number of hydrogen-bond donors (Lipinski definition) is 1. The fraction of sp³-hybridized carbons (Fsp3) is 0.417. The zero-order chi connectivity index (χ0) is 13.7. The van der Waals surface area contributed by atoms with E-state index in [1.807, 2.05) is 13.8 Å². The summed E-state index contributed by atoms with van der Waals surface area (Å²) >= 11 is 3.30. The first kappa shape index (κ1) is 15.2. The molecule has 2 N–H and O–H groups in total. The number of nitrogens with zero attached hydrogens (tertiary/aromatic N) is 1. The molecule has 1 unspecified atom stereocenters. The number of hydrogen-bond acceptors (Lipinski definition) is 3. The summed E-state index contributed by atoms with van der Waals surface area (Å²) in [5.74, 6) is -0.139. The molecule has 1 aromatic rings. The molecule has 0 bridgehead atoms. The van der Waals surface area contributed by atoms with Gasteiger partial charge < -0.3 is 10.6 Å². The Kier molecular flexibility index (Phi) is 5.81. The van der Waals surface area contributed by atoms with Crippen molar-refractivity contribution in [2.24, 2.45) is 0 Å². The van der Waals surface area contributed by atoms with Crippen LogP contribution in [0.3, 0.4) is 0 Å². The van der Waals surface area contributed by atoms with Crippen molar-refractivity contribution in [2.75, 3.05) is 24.6 Å². The Morgan fingerprint density at radius 2 is 2.00 bits per heavy atom. The SMILES string of the molecule is CCN(CC)C(=O)CS(=O)c1cc(Br)ccc1N. The van der Waals surface area contributed by atoms with Gasteiger partial charge in [-0.25, -0.2) is 0 Å². The fourth-order valence-corrected chi connectivity index (χ4v) is 3.23. The lowest BCUT2D eigenvalue weighted by Crippen LogP contribution is -2.34. The van der Waals surface area contributed by atoms with Crippen LogP contribution in [0.15, 0.2) is 27.6 Å². The summed E-state index contributed by atoms with van der Waals surface area (Å²) in [7, 11) is -1.41. The Morgan fingerprint density at radius 1 is 1.39 bits per heavy atom. The van der Waals surface area contributed by atoms with Crippen LogP contribution in [-0.4, -0.2) is 33.9 Å². The van der Waals surface area contributed by atoms with Gasteiger partial charge in [0.1, 0.15) is 5.75 Å². The average molecular weight is 333 g/mol. The van der Waals surface area contributed by atoms with Gasteiger partial charge in [-0.2, -0.15) is 0 Å². The Morgan fingerprint density at radius 3 is 2.56 bits per heavy atom. The van der Waals surface area contributed by atoms with E-state index in [4.69, 9.17) is 5.73 Å². The van der Waals surface area contributed by atoms with Crippen molar-refractivity contribution in [3.05, 3.63) is 22.7 Å². The normalized spacial score (nSPS) is 12.2. The van der Waals surface area contributed by atoms with E-state index in [0.717, 1.165) is 4.47 Å². The molecule has 0 aromatic heterocycles. The van der Waals surface area contributed by atoms with Crippen molar-refractivity contribution in [3.63, 3.8) is 0 Å². The number of nitrogen functional groups attached to an aromatic ring is 1. The molecule has 0 saturated carbocycles. The number of anilines is 1. The molecule has 0 aliphatic carbocycles. The van der Waals surface area contributed by atoms with Crippen molar-refractivity contribution >= 4 is 38.3 Å². The van der Waals surface area contributed by atoms with Crippen LogP contribution < -0.4 is 5.73 Å². The lowest BCUT2D eigenvalue weighted by molar-refractivity contribution is -0.128. The number of benzene rings is 1. The molecule has 1 amide bonds. The van der Waals surface area contributed by atoms with Crippen molar-refractivity contribution in [1.82, 2.24) is 4.90 Å². The second-order valence-corrected chi connectivity index (χ2v) is 6.07. The van der Waals surface area contributed by atoms with Gasteiger partial charge in [0.2, 0.25) is 5.91 Å². The summed E-state index contributed by atoms with van der Waals surface area (Å²) in [6.45, 7) is 5.05. The molecule has 18 heavy (non-hydrogen) atoms. The molecule has 1 atom stereocenters. The minimum atomic E-state index is -1.41. The molecule has 6 heteroatoms.